The lowest BCUT2D eigenvalue weighted by Gasteiger charge is -2.26. The number of pyridine rings is 1. The van der Waals surface area contributed by atoms with Crippen LogP contribution in [-0.4, -0.2) is 21.6 Å². The molecule has 2 N–H and O–H groups in total. The van der Waals surface area contributed by atoms with Crippen LogP contribution in [-0.2, 0) is 19.6 Å². The zero-order valence-corrected chi connectivity index (χ0v) is 20.3. The van der Waals surface area contributed by atoms with Gasteiger partial charge in [0, 0.05) is 29.6 Å². The largest absolute Gasteiger partial charge is 0.494 e. The average Bonchev–Trinajstić information content (AvgIpc) is 2.85. The zero-order valence-electron chi connectivity index (χ0n) is 19.5. The molecule has 0 aliphatic heterocycles. The predicted octanol–water partition coefficient (Wildman–Crippen LogP) is 5.31. The summed E-state index contributed by atoms with van der Waals surface area (Å²) in [4.78, 5) is 17.9. The summed E-state index contributed by atoms with van der Waals surface area (Å²) in [6.45, 7) is 6.22. The second kappa shape index (κ2) is 11.0. The first-order chi connectivity index (χ1) is 16.5. The van der Waals surface area contributed by atoms with Gasteiger partial charge in [-0.2, -0.15) is 0 Å². The van der Waals surface area contributed by atoms with Crippen molar-refractivity contribution >= 4 is 28.2 Å². The smallest absolute Gasteiger partial charge is 0.253 e. The monoisotopic (exact) mass is 471 g/mol. The van der Waals surface area contributed by atoms with E-state index in [0.29, 0.717) is 36.9 Å². The number of ether oxygens (including phenoxy) is 1. The first-order valence-corrected chi connectivity index (χ1v) is 11.8. The topological polar surface area (TPSA) is 57.4 Å². The number of fused-ring (bicyclic) bond motifs is 1. The van der Waals surface area contributed by atoms with Crippen molar-refractivity contribution in [2.24, 2.45) is 0 Å². The summed E-state index contributed by atoms with van der Waals surface area (Å²) in [6, 6.07) is 26.1. The van der Waals surface area contributed by atoms with Crippen LogP contribution in [0.2, 0.25) is 0 Å². The molecule has 0 amide bonds. The maximum atomic E-state index is 12.9. The number of aryl methyl sites for hydroxylation is 1. The van der Waals surface area contributed by atoms with Gasteiger partial charge in [-0.25, -0.2) is 0 Å². The molecule has 0 unspecified atom stereocenters. The van der Waals surface area contributed by atoms with Crippen molar-refractivity contribution in [2.45, 2.75) is 33.5 Å². The summed E-state index contributed by atoms with van der Waals surface area (Å²) in [7, 11) is 0. The molecule has 174 valence electrons. The molecule has 0 aliphatic carbocycles. The molecule has 0 saturated heterocycles. The number of nitrogens with one attached hydrogen (secondary N) is 2. The second-order valence-electron chi connectivity index (χ2n) is 8.29. The maximum absolute atomic E-state index is 12.9. The fraction of sp³-hybridized carbons (Fsp3) is 0.214. The lowest BCUT2D eigenvalue weighted by atomic mass is 10.1. The number of rotatable bonds is 8. The molecule has 34 heavy (non-hydrogen) atoms. The van der Waals surface area contributed by atoms with Gasteiger partial charge >= 0.3 is 0 Å². The Balaban J connectivity index is 1.60. The highest BCUT2D eigenvalue weighted by molar-refractivity contribution is 7.80. The van der Waals surface area contributed by atoms with Gasteiger partial charge in [-0.3, -0.25) is 4.79 Å². The minimum absolute atomic E-state index is 0.114. The molecule has 0 atom stereocenters. The molecule has 0 saturated carbocycles. The molecule has 0 radical (unpaired) electrons. The molecule has 4 aromatic rings. The predicted molar refractivity (Wildman–Crippen MR) is 142 cm³/mol. The van der Waals surface area contributed by atoms with E-state index < -0.39 is 0 Å². The van der Waals surface area contributed by atoms with Crippen LogP contribution >= 0.6 is 12.2 Å². The molecule has 4 rings (SSSR count). The van der Waals surface area contributed by atoms with Crippen LogP contribution in [0.3, 0.4) is 0 Å². The third-order valence-corrected chi connectivity index (χ3v) is 6.04. The standard InChI is InChI=1S/C28H29N3O2S/c1-3-33-25-13-14-26-23(16-25)15-24(27(32)30-26)19-31(18-22-11-9-20(2)10-12-22)28(34)29-17-21-7-5-4-6-8-21/h4-16H,3,17-19H2,1-2H3,(H,29,34)(H,30,32). The number of hydrogen-bond acceptors (Lipinski definition) is 3. The van der Waals surface area contributed by atoms with Crippen LogP contribution in [0.5, 0.6) is 5.75 Å². The molecule has 0 bridgehead atoms. The van der Waals surface area contributed by atoms with Crippen molar-refractivity contribution in [3.05, 3.63) is 111 Å². The van der Waals surface area contributed by atoms with E-state index in [1.807, 2.05) is 54.3 Å². The Morgan fingerprint density at radius 1 is 0.971 bits per heavy atom. The third-order valence-electron chi connectivity index (χ3n) is 5.63. The van der Waals surface area contributed by atoms with Gasteiger partial charge in [0.2, 0.25) is 0 Å². The fourth-order valence-corrected chi connectivity index (χ4v) is 4.01. The van der Waals surface area contributed by atoms with Crippen LogP contribution in [0.25, 0.3) is 10.9 Å². The molecule has 1 aromatic heterocycles. The summed E-state index contributed by atoms with van der Waals surface area (Å²) >= 11 is 5.78. The number of benzene rings is 3. The van der Waals surface area contributed by atoms with Crippen molar-refractivity contribution in [3.8, 4) is 5.75 Å². The summed E-state index contributed by atoms with van der Waals surface area (Å²) in [6.07, 6.45) is 0. The molecule has 3 aromatic carbocycles. The first-order valence-electron chi connectivity index (χ1n) is 11.4. The number of aromatic amines is 1. The summed E-state index contributed by atoms with van der Waals surface area (Å²) in [5, 5.41) is 4.89. The fourth-order valence-electron chi connectivity index (χ4n) is 3.81. The number of hydrogen-bond donors (Lipinski definition) is 2. The molecule has 6 heteroatoms. The summed E-state index contributed by atoms with van der Waals surface area (Å²) in [5.74, 6) is 0.782. The van der Waals surface area contributed by atoms with E-state index in [9.17, 15) is 4.79 Å². The normalized spacial score (nSPS) is 10.8. The lowest BCUT2D eigenvalue weighted by molar-refractivity contribution is 0.340. The van der Waals surface area contributed by atoms with Crippen LogP contribution in [0, 0.1) is 6.92 Å². The molecule has 0 fully saturated rings. The minimum Gasteiger partial charge on any atom is -0.494 e. The van der Waals surface area contributed by atoms with Crippen LogP contribution < -0.4 is 15.6 Å². The van der Waals surface area contributed by atoms with Gasteiger partial charge in [0.25, 0.3) is 5.56 Å². The molecule has 0 spiro atoms. The Labute approximate surface area is 205 Å². The van der Waals surface area contributed by atoms with Crippen molar-refractivity contribution in [2.75, 3.05) is 6.61 Å². The summed E-state index contributed by atoms with van der Waals surface area (Å²) in [5.41, 5.74) is 4.80. The third kappa shape index (κ3) is 6.02. The van der Waals surface area contributed by atoms with E-state index in [4.69, 9.17) is 17.0 Å². The Bertz CT molecular complexity index is 1320. The van der Waals surface area contributed by atoms with Crippen molar-refractivity contribution < 1.29 is 4.74 Å². The highest BCUT2D eigenvalue weighted by Gasteiger charge is 2.14. The van der Waals surface area contributed by atoms with E-state index in [-0.39, 0.29) is 5.56 Å². The Morgan fingerprint density at radius 3 is 2.47 bits per heavy atom. The van der Waals surface area contributed by atoms with Crippen molar-refractivity contribution in [3.63, 3.8) is 0 Å². The molecular weight excluding hydrogens is 442 g/mol. The van der Waals surface area contributed by atoms with E-state index in [1.165, 1.54) is 5.56 Å². The zero-order chi connectivity index (χ0) is 23.9. The van der Waals surface area contributed by atoms with E-state index in [2.05, 4.69) is 53.6 Å². The van der Waals surface area contributed by atoms with Crippen LogP contribution in [0.4, 0.5) is 0 Å². The Morgan fingerprint density at radius 2 is 1.74 bits per heavy atom. The highest BCUT2D eigenvalue weighted by Crippen LogP contribution is 2.20. The molecule has 5 nitrogen and oxygen atoms in total. The Kier molecular flexibility index (Phi) is 7.60. The number of thiocarbonyl (C=S) groups is 1. The van der Waals surface area contributed by atoms with Gasteiger partial charge in [0.1, 0.15) is 5.75 Å². The number of aromatic nitrogens is 1. The van der Waals surface area contributed by atoms with E-state index >= 15 is 0 Å². The van der Waals surface area contributed by atoms with Gasteiger partial charge in [-0.1, -0.05) is 60.2 Å². The maximum Gasteiger partial charge on any atom is 0.253 e. The Hall–Kier alpha value is -3.64. The molecule has 1 heterocycles. The van der Waals surface area contributed by atoms with Gasteiger partial charge in [0.05, 0.1) is 13.2 Å². The highest BCUT2D eigenvalue weighted by atomic mass is 32.1. The van der Waals surface area contributed by atoms with Gasteiger partial charge in [-0.05, 0) is 61.5 Å². The quantitative estimate of drug-likeness (QED) is 0.341. The van der Waals surface area contributed by atoms with E-state index in [1.54, 1.807) is 0 Å². The van der Waals surface area contributed by atoms with Gasteiger partial charge < -0.3 is 19.9 Å². The SMILES string of the molecule is CCOc1ccc2[nH]c(=O)c(CN(Cc3ccc(C)cc3)C(=S)NCc3ccccc3)cc2c1. The number of H-pyrrole nitrogens is 1. The summed E-state index contributed by atoms with van der Waals surface area (Å²) < 4.78 is 5.63. The molecular formula is C28H29N3O2S. The first kappa shape index (κ1) is 23.5. The average molecular weight is 472 g/mol. The van der Waals surface area contributed by atoms with Crippen molar-refractivity contribution in [1.29, 1.82) is 0 Å². The van der Waals surface area contributed by atoms with Crippen LogP contribution in [0.15, 0.2) is 83.7 Å². The van der Waals surface area contributed by atoms with Gasteiger partial charge in [-0.15, -0.1) is 0 Å². The second-order valence-corrected chi connectivity index (χ2v) is 8.68. The lowest BCUT2D eigenvalue weighted by Crippen LogP contribution is -2.39. The minimum atomic E-state index is -0.114. The molecule has 0 aliphatic rings. The van der Waals surface area contributed by atoms with Crippen molar-refractivity contribution in [1.82, 2.24) is 15.2 Å². The van der Waals surface area contributed by atoms with E-state index in [0.717, 1.165) is 27.8 Å². The number of nitrogens with zero attached hydrogens (tertiary/aromatic N) is 1. The van der Waals surface area contributed by atoms with Gasteiger partial charge in [0.15, 0.2) is 5.11 Å². The van der Waals surface area contributed by atoms with Crippen LogP contribution in [0.1, 0.15) is 29.2 Å².